The summed E-state index contributed by atoms with van der Waals surface area (Å²) in [4.78, 5) is 38.0. The van der Waals surface area contributed by atoms with Crippen LogP contribution >= 0.6 is 11.8 Å². The molecule has 0 N–H and O–H groups in total. The van der Waals surface area contributed by atoms with Crippen molar-refractivity contribution in [3.8, 4) is 5.75 Å². The number of imide groups is 1. The number of thioether (sulfide) groups is 1. The minimum absolute atomic E-state index is 0.169. The van der Waals surface area contributed by atoms with Gasteiger partial charge < -0.3 is 9.47 Å². The lowest BCUT2D eigenvalue weighted by molar-refractivity contribution is -0.137. The molecule has 2 aromatic rings. The Hall–Kier alpha value is -3.21. The summed E-state index contributed by atoms with van der Waals surface area (Å²) in [6, 6.07) is 11.3. The number of alkyl halides is 3. The molecule has 0 aliphatic carbocycles. The fraction of sp³-hybridized carbons (Fsp3) is 0.318. The molecule has 33 heavy (non-hydrogen) atoms. The predicted octanol–water partition coefficient (Wildman–Crippen LogP) is 4.70. The molecule has 11 heteroatoms. The number of carbonyl (C=O) groups is 3. The van der Waals surface area contributed by atoms with Gasteiger partial charge in [-0.25, -0.2) is 4.79 Å². The molecule has 0 radical (unpaired) electrons. The zero-order valence-electron chi connectivity index (χ0n) is 17.2. The van der Waals surface area contributed by atoms with Crippen LogP contribution in [0.3, 0.4) is 0 Å². The van der Waals surface area contributed by atoms with Gasteiger partial charge in [0.1, 0.15) is 11.9 Å². The molecule has 2 aliphatic heterocycles. The van der Waals surface area contributed by atoms with Crippen LogP contribution in [-0.2, 0) is 22.3 Å². The van der Waals surface area contributed by atoms with Crippen LogP contribution in [0.1, 0.15) is 17.5 Å². The molecule has 2 aromatic carbocycles. The Bertz CT molecular complexity index is 1030. The van der Waals surface area contributed by atoms with Crippen molar-refractivity contribution in [1.82, 2.24) is 4.90 Å². The lowest BCUT2D eigenvalue weighted by atomic mass is 10.2. The Morgan fingerprint density at radius 2 is 1.73 bits per heavy atom. The van der Waals surface area contributed by atoms with Gasteiger partial charge in [-0.2, -0.15) is 13.2 Å². The van der Waals surface area contributed by atoms with Crippen LogP contribution in [-0.4, -0.2) is 47.1 Å². The number of nitrogens with zero attached hydrogens (tertiary/aromatic N) is 2. The number of ether oxygens (including phenoxy) is 2. The Morgan fingerprint density at radius 1 is 1.03 bits per heavy atom. The monoisotopic (exact) mass is 480 g/mol. The second-order valence-corrected chi connectivity index (χ2v) is 8.40. The van der Waals surface area contributed by atoms with Gasteiger partial charge in [0.15, 0.2) is 0 Å². The number of halogens is 3. The number of anilines is 1. The number of carbonyl (C=O) groups excluding carboxylic acids is 3. The average molecular weight is 480 g/mol. The van der Waals surface area contributed by atoms with Crippen LogP contribution in [0, 0.1) is 0 Å². The summed E-state index contributed by atoms with van der Waals surface area (Å²) in [6.07, 6.45) is -5.11. The maximum absolute atomic E-state index is 12.7. The number of benzene rings is 2. The topological polar surface area (TPSA) is 76.2 Å². The summed E-state index contributed by atoms with van der Waals surface area (Å²) in [5.74, 6) is 0.542. The van der Waals surface area contributed by atoms with E-state index in [-0.39, 0.29) is 36.6 Å². The SMILES string of the molecule is O=C1CSC(=O)N1Cc1ccc(OCCC2CN(c3ccc(C(F)(F)F)cc3)C(=O)O2)cc1. The maximum atomic E-state index is 12.7. The van der Waals surface area contributed by atoms with Crippen molar-refractivity contribution in [3.05, 3.63) is 59.7 Å². The Balaban J connectivity index is 1.25. The Labute approximate surface area is 191 Å². The molecular weight excluding hydrogens is 461 g/mol. The van der Waals surface area contributed by atoms with Crippen molar-refractivity contribution in [2.45, 2.75) is 25.2 Å². The number of hydrogen-bond acceptors (Lipinski definition) is 6. The van der Waals surface area contributed by atoms with Gasteiger partial charge in [-0.05, 0) is 42.0 Å². The number of hydrogen-bond donors (Lipinski definition) is 0. The van der Waals surface area contributed by atoms with Gasteiger partial charge in [0.05, 0.1) is 31.0 Å². The molecule has 3 amide bonds. The van der Waals surface area contributed by atoms with Crippen LogP contribution in [0.5, 0.6) is 5.75 Å². The third-order valence-electron chi connectivity index (χ3n) is 5.19. The highest BCUT2D eigenvalue weighted by Crippen LogP contribution is 2.31. The third-order valence-corrected chi connectivity index (χ3v) is 6.05. The zero-order valence-corrected chi connectivity index (χ0v) is 18.0. The molecule has 4 rings (SSSR count). The lowest BCUT2D eigenvalue weighted by Gasteiger charge is -2.15. The highest BCUT2D eigenvalue weighted by Gasteiger charge is 2.34. The van der Waals surface area contributed by atoms with E-state index in [0.29, 0.717) is 17.9 Å². The first-order valence-electron chi connectivity index (χ1n) is 10.0. The van der Waals surface area contributed by atoms with Crippen molar-refractivity contribution < 1.29 is 37.0 Å². The van der Waals surface area contributed by atoms with Crippen molar-refractivity contribution in [3.63, 3.8) is 0 Å². The molecule has 0 spiro atoms. The van der Waals surface area contributed by atoms with Gasteiger partial charge in [0.2, 0.25) is 5.91 Å². The normalized spacial score (nSPS) is 18.8. The van der Waals surface area contributed by atoms with E-state index in [1.165, 1.54) is 21.9 Å². The van der Waals surface area contributed by atoms with E-state index < -0.39 is 23.9 Å². The van der Waals surface area contributed by atoms with Gasteiger partial charge >= 0.3 is 12.3 Å². The van der Waals surface area contributed by atoms with E-state index in [1.54, 1.807) is 24.3 Å². The van der Waals surface area contributed by atoms with Gasteiger partial charge in [-0.3, -0.25) is 19.4 Å². The van der Waals surface area contributed by atoms with Crippen molar-refractivity contribution in [2.24, 2.45) is 0 Å². The number of amides is 3. The molecule has 174 valence electrons. The minimum Gasteiger partial charge on any atom is -0.493 e. The van der Waals surface area contributed by atoms with E-state index in [2.05, 4.69) is 0 Å². The lowest BCUT2D eigenvalue weighted by Crippen LogP contribution is -2.27. The largest absolute Gasteiger partial charge is 0.493 e. The highest BCUT2D eigenvalue weighted by molar-refractivity contribution is 8.14. The standard InChI is InChI=1S/C22H19F3N2O5S/c23-22(24,25)15-3-5-16(6-4-15)26-12-18(32-20(26)29)9-10-31-17-7-1-14(2-8-17)11-27-19(28)13-33-21(27)30/h1-8,18H,9-13H2. The summed E-state index contributed by atoms with van der Waals surface area (Å²) in [5, 5.41) is -0.253. The van der Waals surface area contributed by atoms with Gasteiger partial charge in [0.25, 0.3) is 5.24 Å². The quantitative estimate of drug-likeness (QED) is 0.572. The number of rotatable bonds is 7. The van der Waals surface area contributed by atoms with Gasteiger partial charge in [-0.15, -0.1) is 0 Å². The Kier molecular flexibility index (Phi) is 6.50. The van der Waals surface area contributed by atoms with Crippen LogP contribution in [0.4, 0.5) is 28.4 Å². The summed E-state index contributed by atoms with van der Waals surface area (Å²) in [5.41, 5.74) is 0.344. The second-order valence-electron chi connectivity index (χ2n) is 7.48. The minimum atomic E-state index is -4.44. The van der Waals surface area contributed by atoms with E-state index in [4.69, 9.17) is 9.47 Å². The van der Waals surface area contributed by atoms with E-state index >= 15 is 0 Å². The molecule has 2 heterocycles. The average Bonchev–Trinajstić information content (AvgIpc) is 3.31. The number of cyclic esters (lactones) is 1. The van der Waals surface area contributed by atoms with Crippen LogP contribution in [0.25, 0.3) is 0 Å². The fourth-order valence-corrected chi connectivity index (χ4v) is 4.15. The molecule has 0 bridgehead atoms. The van der Waals surface area contributed by atoms with Crippen molar-refractivity contribution in [1.29, 1.82) is 0 Å². The smallest absolute Gasteiger partial charge is 0.416 e. The van der Waals surface area contributed by atoms with E-state index in [1.807, 2.05) is 0 Å². The van der Waals surface area contributed by atoms with Gasteiger partial charge in [-0.1, -0.05) is 23.9 Å². The molecule has 2 fully saturated rings. The van der Waals surface area contributed by atoms with Crippen molar-refractivity contribution >= 4 is 34.7 Å². The fourth-order valence-electron chi connectivity index (χ4n) is 3.43. The molecular formula is C22H19F3N2O5S. The molecule has 2 aliphatic rings. The second kappa shape index (κ2) is 9.34. The highest BCUT2D eigenvalue weighted by atomic mass is 32.2. The molecule has 2 saturated heterocycles. The first-order chi connectivity index (χ1) is 15.7. The van der Waals surface area contributed by atoms with E-state index in [0.717, 1.165) is 29.5 Å². The zero-order chi connectivity index (χ0) is 23.6. The van der Waals surface area contributed by atoms with Crippen LogP contribution < -0.4 is 9.64 Å². The molecule has 1 atom stereocenters. The summed E-state index contributed by atoms with van der Waals surface area (Å²) in [6.45, 7) is 0.684. The molecule has 1 unspecified atom stereocenters. The first-order valence-corrected chi connectivity index (χ1v) is 11.0. The van der Waals surface area contributed by atoms with Crippen LogP contribution in [0.15, 0.2) is 48.5 Å². The first kappa shape index (κ1) is 23.0. The van der Waals surface area contributed by atoms with Crippen molar-refractivity contribution in [2.75, 3.05) is 23.8 Å². The van der Waals surface area contributed by atoms with E-state index in [9.17, 15) is 27.6 Å². The molecule has 0 aromatic heterocycles. The summed E-state index contributed by atoms with van der Waals surface area (Å²) in [7, 11) is 0. The molecule has 7 nitrogen and oxygen atoms in total. The maximum Gasteiger partial charge on any atom is 0.416 e. The van der Waals surface area contributed by atoms with Crippen LogP contribution in [0.2, 0.25) is 0 Å². The third kappa shape index (κ3) is 5.41. The summed E-state index contributed by atoms with van der Waals surface area (Å²) < 4.78 is 49.1. The predicted molar refractivity (Wildman–Crippen MR) is 114 cm³/mol. The van der Waals surface area contributed by atoms with Gasteiger partial charge in [0, 0.05) is 12.1 Å². The summed E-state index contributed by atoms with van der Waals surface area (Å²) >= 11 is 0.988. The Morgan fingerprint density at radius 3 is 2.33 bits per heavy atom. The molecule has 0 saturated carbocycles.